The van der Waals surface area contributed by atoms with Crippen LogP contribution in [0.1, 0.15) is 10.4 Å². The Morgan fingerprint density at radius 2 is 2.09 bits per heavy atom. The molecule has 0 aliphatic carbocycles. The molecule has 7 nitrogen and oxygen atoms in total. The molecule has 0 aliphatic heterocycles. The Kier molecular flexibility index (Phi) is 3.75. The highest BCUT2D eigenvalue weighted by atomic mass is 35.5. The number of rotatable bonds is 3. The van der Waals surface area contributed by atoms with Crippen LogP contribution in [0, 0.1) is 5.82 Å². The lowest BCUT2D eigenvalue weighted by atomic mass is 10.2. The molecular formula is C13H8ClFN6O. The minimum atomic E-state index is -0.517. The minimum Gasteiger partial charge on any atom is -0.306 e. The first-order valence-corrected chi connectivity index (χ1v) is 6.45. The van der Waals surface area contributed by atoms with E-state index in [1.807, 2.05) is 0 Å². The molecule has 9 heteroatoms. The van der Waals surface area contributed by atoms with E-state index in [9.17, 15) is 9.18 Å². The standard InChI is InChI=1S/C13H8ClFN6O/c14-10-3-8(15)1-2-9(10)13(22)20-11-4-12(18-6-17-11)21-7-16-5-19-21/h1-7H,(H,17,18,20,22). The molecule has 3 rings (SSSR count). The molecule has 22 heavy (non-hydrogen) atoms. The summed E-state index contributed by atoms with van der Waals surface area (Å²) >= 11 is 5.85. The van der Waals surface area contributed by atoms with Gasteiger partial charge in [-0.2, -0.15) is 5.10 Å². The number of hydrogen-bond donors (Lipinski definition) is 1. The number of nitrogens with zero attached hydrogens (tertiary/aromatic N) is 5. The smallest absolute Gasteiger partial charge is 0.258 e. The third kappa shape index (κ3) is 2.91. The van der Waals surface area contributed by atoms with E-state index in [4.69, 9.17) is 11.6 Å². The minimum absolute atomic E-state index is 0.0167. The van der Waals surface area contributed by atoms with Crippen molar-refractivity contribution in [3.8, 4) is 5.82 Å². The quantitative estimate of drug-likeness (QED) is 0.799. The maximum atomic E-state index is 13.0. The Morgan fingerprint density at radius 3 is 2.82 bits per heavy atom. The van der Waals surface area contributed by atoms with Crippen LogP contribution in [0.15, 0.2) is 43.2 Å². The van der Waals surface area contributed by atoms with Crippen LogP contribution in [-0.2, 0) is 0 Å². The van der Waals surface area contributed by atoms with Crippen LogP contribution in [0.2, 0.25) is 5.02 Å². The van der Waals surface area contributed by atoms with Crippen LogP contribution in [0.3, 0.4) is 0 Å². The van der Waals surface area contributed by atoms with Crippen molar-refractivity contribution in [2.24, 2.45) is 0 Å². The van der Waals surface area contributed by atoms with Gasteiger partial charge in [0.05, 0.1) is 10.6 Å². The number of nitrogens with one attached hydrogen (secondary N) is 1. The first-order chi connectivity index (χ1) is 10.6. The second-order valence-electron chi connectivity index (χ2n) is 4.18. The highest BCUT2D eigenvalue weighted by Gasteiger charge is 2.12. The largest absolute Gasteiger partial charge is 0.306 e. The Balaban J connectivity index is 1.84. The number of aromatic nitrogens is 5. The van der Waals surface area contributed by atoms with Crippen LogP contribution in [0.25, 0.3) is 5.82 Å². The molecule has 2 aromatic heterocycles. The summed E-state index contributed by atoms with van der Waals surface area (Å²) in [5, 5.41) is 6.51. The molecule has 1 aromatic carbocycles. The molecule has 0 aliphatic rings. The van der Waals surface area contributed by atoms with Crippen molar-refractivity contribution in [2.75, 3.05) is 5.32 Å². The maximum absolute atomic E-state index is 13.0. The third-order valence-corrected chi connectivity index (χ3v) is 3.04. The predicted molar refractivity (Wildman–Crippen MR) is 76.3 cm³/mol. The van der Waals surface area contributed by atoms with Gasteiger partial charge >= 0.3 is 0 Å². The van der Waals surface area contributed by atoms with Gasteiger partial charge in [-0.25, -0.2) is 24.0 Å². The van der Waals surface area contributed by atoms with Gasteiger partial charge in [0.15, 0.2) is 5.82 Å². The summed E-state index contributed by atoms with van der Waals surface area (Å²) in [7, 11) is 0. The van der Waals surface area contributed by atoms with Gasteiger partial charge in [-0.3, -0.25) is 4.79 Å². The van der Waals surface area contributed by atoms with E-state index in [1.165, 1.54) is 35.8 Å². The molecule has 110 valence electrons. The summed E-state index contributed by atoms with van der Waals surface area (Å²) in [6.45, 7) is 0. The zero-order valence-corrected chi connectivity index (χ0v) is 11.7. The van der Waals surface area contributed by atoms with Crippen molar-refractivity contribution < 1.29 is 9.18 Å². The van der Waals surface area contributed by atoms with E-state index < -0.39 is 11.7 Å². The first-order valence-electron chi connectivity index (χ1n) is 6.07. The highest BCUT2D eigenvalue weighted by molar-refractivity contribution is 6.34. The Hall–Kier alpha value is -2.87. The zero-order chi connectivity index (χ0) is 15.5. The molecule has 1 amide bonds. The van der Waals surface area contributed by atoms with Crippen LogP contribution >= 0.6 is 11.6 Å². The summed E-state index contributed by atoms with van der Waals surface area (Å²) in [6.07, 6.45) is 4.10. The van der Waals surface area contributed by atoms with Gasteiger partial charge in [0.2, 0.25) is 0 Å². The molecule has 0 fully saturated rings. The number of carbonyl (C=O) groups excluding carboxylic acids is 1. The monoisotopic (exact) mass is 318 g/mol. The summed E-state index contributed by atoms with van der Waals surface area (Å²) in [5.41, 5.74) is 0.143. The lowest BCUT2D eigenvalue weighted by Gasteiger charge is -2.07. The molecule has 2 heterocycles. The fourth-order valence-electron chi connectivity index (χ4n) is 1.72. The van der Waals surface area contributed by atoms with Gasteiger partial charge in [0.25, 0.3) is 5.91 Å². The third-order valence-electron chi connectivity index (χ3n) is 2.72. The number of hydrogen-bond acceptors (Lipinski definition) is 5. The first kappa shape index (κ1) is 14.1. The summed E-state index contributed by atoms with van der Waals surface area (Å²) in [5.74, 6) is -0.329. The lowest BCUT2D eigenvalue weighted by Crippen LogP contribution is -2.14. The maximum Gasteiger partial charge on any atom is 0.258 e. The Labute approximate surface area is 128 Å². The Bertz CT molecular complexity index is 823. The number of amides is 1. The molecule has 0 saturated heterocycles. The van der Waals surface area contributed by atoms with Crippen molar-refractivity contribution in [3.05, 3.63) is 59.7 Å². The highest BCUT2D eigenvalue weighted by Crippen LogP contribution is 2.18. The number of carbonyl (C=O) groups is 1. The zero-order valence-electron chi connectivity index (χ0n) is 10.9. The summed E-state index contributed by atoms with van der Waals surface area (Å²) in [4.78, 5) is 23.9. The second-order valence-corrected chi connectivity index (χ2v) is 4.59. The molecule has 0 saturated carbocycles. The van der Waals surface area contributed by atoms with Crippen molar-refractivity contribution >= 4 is 23.3 Å². The van der Waals surface area contributed by atoms with Gasteiger partial charge < -0.3 is 5.32 Å². The molecule has 0 atom stereocenters. The molecule has 3 aromatic rings. The predicted octanol–water partition coefficient (Wildman–Crippen LogP) is 2.10. The molecule has 0 bridgehead atoms. The fourth-order valence-corrected chi connectivity index (χ4v) is 1.98. The van der Waals surface area contributed by atoms with Crippen molar-refractivity contribution in [3.63, 3.8) is 0 Å². The van der Waals surface area contributed by atoms with Crippen molar-refractivity contribution in [1.29, 1.82) is 0 Å². The van der Waals surface area contributed by atoms with Crippen LogP contribution in [0.4, 0.5) is 10.2 Å². The molecule has 0 radical (unpaired) electrons. The molecular weight excluding hydrogens is 311 g/mol. The average molecular weight is 319 g/mol. The van der Waals surface area contributed by atoms with E-state index in [-0.39, 0.29) is 16.4 Å². The van der Waals surface area contributed by atoms with E-state index in [0.29, 0.717) is 5.82 Å². The van der Waals surface area contributed by atoms with E-state index in [0.717, 1.165) is 12.1 Å². The number of anilines is 1. The topological polar surface area (TPSA) is 85.6 Å². The number of benzene rings is 1. The fraction of sp³-hybridized carbons (Fsp3) is 0. The van der Waals surface area contributed by atoms with Gasteiger partial charge in [-0.05, 0) is 18.2 Å². The van der Waals surface area contributed by atoms with Crippen LogP contribution in [0.5, 0.6) is 0 Å². The van der Waals surface area contributed by atoms with E-state index in [1.54, 1.807) is 0 Å². The van der Waals surface area contributed by atoms with Crippen molar-refractivity contribution in [1.82, 2.24) is 24.7 Å². The Morgan fingerprint density at radius 1 is 1.23 bits per heavy atom. The number of halogens is 2. The van der Waals surface area contributed by atoms with Gasteiger partial charge in [-0.15, -0.1) is 0 Å². The van der Waals surface area contributed by atoms with Gasteiger partial charge in [0.1, 0.15) is 30.6 Å². The van der Waals surface area contributed by atoms with Crippen molar-refractivity contribution in [2.45, 2.75) is 0 Å². The summed E-state index contributed by atoms with van der Waals surface area (Å²) in [6, 6.07) is 5.04. The van der Waals surface area contributed by atoms with Crippen LogP contribution in [-0.4, -0.2) is 30.6 Å². The van der Waals surface area contributed by atoms with E-state index in [2.05, 4.69) is 25.4 Å². The second kappa shape index (κ2) is 5.86. The average Bonchev–Trinajstić information content (AvgIpc) is 3.01. The van der Waals surface area contributed by atoms with Crippen LogP contribution < -0.4 is 5.32 Å². The molecule has 0 spiro atoms. The van der Waals surface area contributed by atoms with Gasteiger partial charge in [0, 0.05) is 6.07 Å². The normalized spacial score (nSPS) is 10.5. The van der Waals surface area contributed by atoms with E-state index >= 15 is 0 Å². The SMILES string of the molecule is O=C(Nc1cc(-n2cncn2)ncn1)c1ccc(F)cc1Cl. The molecule has 1 N–H and O–H groups in total. The lowest BCUT2D eigenvalue weighted by molar-refractivity contribution is 0.102. The molecule has 0 unspecified atom stereocenters. The summed E-state index contributed by atoms with van der Waals surface area (Å²) < 4.78 is 14.4. The van der Waals surface area contributed by atoms with Gasteiger partial charge in [-0.1, -0.05) is 11.6 Å².